The fraction of sp³-hybridized carbons (Fsp3) is 0.600. The molecular weight excluding hydrogens is 246 g/mol. The molecule has 0 aliphatic carbocycles. The Labute approximate surface area is 91.9 Å². The van der Waals surface area contributed by atoms with E-state index in [0.717, 1.165) is 5.92 Å². The van der Waals surface area contributed by atoms with Crippen molar-refractivity contribution in [2.24, 2.45) is 5.92 Å². The van der Waals surface area contributed by atoms with Crippen LogP contribution < -0.4 is 4.90 Å². The summed E-state index contributed by atoms with van der Waals surface area (Å²) < 4.78 is 1.24. The van der Waals surface area contributed by atoms with E-state index in [-0.39, 0.29) is 0 Å². The van der Waals surface area contributed by atoms with E-state index in [4.69, 9.17) is 0 Å². The van der Waals surface area contributed by atoms with Gasteiger partial charge in [-0.3, -0.25) is 0 Å². The third-order valence-corrected chi connectivity index (χ3v) is 4.21. The molecule has 1 aliphatic rings. The predicted octanol–water partition coefficient (Wildman–Crippen LogP) is 3.75. The molecule has 0 radical (unpaired) electrons. The Bertz CT molecular complexity index is 284. The molecule has 1 nitrogen and oxygen atoms in total. The molecule has 0 bridgehead atoms. The number of halogens is 1. The van der Waals surface area contributed by atoms with Gasteiger partial charge in [0.1, 0.15) is 0 Å². The highest BCUT2D eigenvalue weighted by molar-refractivity contribution is 9.11. The Balaban J connectivity index is 2.08. The van der Waals surface area contributed by atoms with Gasteiger partial charge in [-0.15, -0.1) is 11.3 Å². The van der Waals surface area contributed by atoms with Gasteiger partial charge in [0.2, 0.25) is 0 Å². The van der Waals surface area contributed by atoms with Crippen LogP contribution in [0, 0.1) is 5.92 Å². The summed E-state index contributed by atoms with van der Waals surface area (Å²) in [6.45, 7) is 4.80. The Morgan fingerprint density at radius 1 is 1.54 bits per heavy atom. The molecule has 1 fully saturated rings. The van der Waals surface area contributed by atoms with Gasteiger partial charge in [-0.2, -0.15) is 0 Å². The maximum Gasteiger partial charge on any atom is 0.0920 e. The molecule has 72 valence electrons. The summed E-state index contributed by atoms with van der Waals surface area (Å²) in [5.74, 6) is 0.856. The maximum absolute atomic E-state index is 3.51. The van der Waals surface area contributed by atoms with Crippen molar-refractivity contribution < 1.29 is 0 Å². The first kappa shape index (κ1) is 9.53. The molecule has 1 atom stereocenters. The van der Waals surface area contributed by atoms with E-state index in [0.29, 0.717) is 0 Å². The average molecular weight is 260 g/mol. The zero-order valence-corrected chi connectivity index (χ0v) is 10.2. The topological polar surface area (TPSA) is 3.24 Å². The zero-order valence-electron chi connectivity index (χ0n) is 7.79. The molecule has 13 heavy (non-hydrogen) atoms. The van der Waals surface area contributed by atoms with Gasteiger partial charge in [-0.1, -0.05) is 6.92 Å². The zero-order chi connectivity index (χ0) is 9.26. The number of nitrogens with zero attached hydrogens (tertiary/aromatic N) is 1. The molecule has 2 rings (SSSR count). The Kier molecular flexibility index (Phi) is 2.94. The van der Waals surface area contributed by atoms with E-state index in [1.54, 1.807) is 0 Å². The SMILES string of the molecule is CC1CCCN(c2ccc(Br)s2)C1. The van der Waals surface area contributed by atoms with Crippen LogP contribution in [0.3, 0.4) is 0 Å². The molecule has 1 saturated heterocycles. The summed E-state index contributed by atoms with van der Waals surface area (Å²) in [5, 5.41) is 1.42. The number of anilines is 1. The average Bonchev–Trinajstić information content (AvgIpc) is 2.52. The van der Waals surface area contributed by atoms with Crippen LogP contribution in [-0.2, 0) is 0 Å². The van der Waals surface area contributed by atoms with Crippen molar-refractivity contribution in [3.05, 3.63) is 15.9 Å². The molecule has 1 aliphatic heterocycles. The van der Waals surface area contributed by atoms with Gasteiger partial charge >= 0.3 is 0 Å². The van der Waals surface area contributed by atoms with Crippen molar-refractivity contribution in [2.45, 2.75) is 19.8 Å². The third-order valence-electron chi connectivity index (χ3n) is 2.53. The van der Waals surface area contributed by atoms with Crippen LogP contribution in [0.4, 0.5) is 5.00 Å². The number of rotatable bonds is 1. The van der Waals surface area contributed by atoms with Crippen molar-refractivity contribution in [1.82, 2.24) is 0 Å². The fourth-order valence-electron chi connectivity index (χ4n) is 1.86. The minimum absolute atomic E-state index is 0.856. The van der Waals surface area contributed by atoms with E-state index in [9.17, 15) is 0 Å². The second-order valence-electron chi connectivity index (χ2n) is 3.77. The van der Waals surface area contributed by atoms with Gasteiger partial charge in [0.05, 0.1) is 8.79 Å². The lowest BCUT2D eigenvalue weighted by Crippen LogP contribution is -2.33. The lowest BCUT2D eigenvalue weighted by molar-refractivity contribution is 0.448. The van der Waals surface area contributed by atoms with Crippen LogP contribution in [0.1, 0.15) is 19.8 Å². The fourth-order valence-corrected chi connectivity index (χ4v) is 3.26. The second-order valence-corrected chi connectivity index (χ2v) is 6.21. The van der Waals surface area contributed by atoms with Gasteiger partial charge < -0.3 is 4.90 Å². The van der Waals surface area contributed by atoms with Gasteiger partial charge in [0.25, 0.3) is 0 Å². The monoisotopic (exact) mass is 259 g/mol. The highest BCUT2D eigenvalue weighted by Crippen LogP contribution is 2.32. The molecule has 0 aromatic carbocycles. The minimum Gasteiger partial charge on any atom is -0.363 e. The molecule has 1 aromatic heterocycles. The van der Waals surface area contributed by atoms with Crippen LogP contribution in [0.15, 0.2) is 15.9 Å². The summed E-state index contributed by atoms with van der Waals surface area (Å²) in [4.78, 5) is 2.50. The van der Waals surface area contributed by atoms with Crippen LogP contribution in [0.5, 0.6) is 0 Å². The summed E-state index contributed by atoms with van der Waals surface area (Å²) >= 11 is 5.34. The Morgan fingerprint density at radius 2 is 2.38 bits per heavy atom. The normalized spacial score (nSPS) is 23.5. The molecular formula is C10H14BrNS. The van der Waals surface area contributed by atoms with Crippen molar-refractivity contribution in [2.75, 3.05) is 18.0 Å². The first-order valence-electron chi connectivity index (χ1n) is 4.76. The Hall–Kier alpha value is -0.0200. The van der Waals surface area contributed by atoms with Crippen molar-refractivity contribution >= 4 is 32.3 Å². The largest absolute Gasteiger partial charge is 0.363 e. The highest BCUT2D eigenvalue weighted by atomic mass is 79.9. The summed E-state index contributed by atoms with van der Waals surface area (Å²) in [7, 11) is 0. The lowest BCUT2D eigenvalue weighted by Gasteiger charge is -2.31. The molecule has 0 N–H and O–H groups in total. The molecule has 0 amide bonds. The van der Waals surface area contributed by atoms with E-state index in [1.165, 1.54) is 34.7 Å². The number of hydrogen-bond acceptors (Lipinski definition) is 2. The van der Waals surface area contributed by atoms with E-state index in [2.05, 4.69) is 39.9 Å². The maximum atomic E-state index is 3.51. The number of hydrogen-bond donors (Lipinski definition) is 0. The van der Waals surface area contributed by atoms with Crippen LogP contribution in [0.2, 0.25) is 0 Å². The molecule has 2 heterocycles. The van der Waals surface area contributed by atoms with E-state index in [1.807, 2.05) is 11.3 Å². The van der Waals surface area contributed by atoms with Gasteiger partial charge in [-0.25, -0.2) is 0 Å². The smallest absolute Gasteiger partial charge is 0.0920 e. The van der Waals surface area contributed by atoms with Crippen molar-refractivity contribution in [1.29, 1.82) is 0 Å². The van der Waals surface area contributed by atoms with Gasteiger partial charge in [-0.05, 0) is 46.8 Å². The molecule has 3 heteroatoms. The van der Waals surface area contributed by atoms with Crippen LogP contribution in [-0.4, -0.2) is 13.1 Å². The quantitative estimate of drug-likeness (QED) is 0.743. The van der Waals surface area contributed by atoms with Crippen molar-refractivity contribution in [3.63, 3.8) is 0 Å². The standard InChI is InChI=1S/C10H14BrNS/c1-8-3-2-6-12(7-8)10-5-4-9(11)13-10/h4-5,8H,2-3,6-7H2,1H3. The van der Waals surface area contributed by atoms with Crippen LogP contribution in [0.25, 0.3) is 0 Å². The van der Waals surface area contributed by atoms with E-state index < -0.39 is 0 Å². The summed E-state index contributed by atoms with van der Waals surface area (Å²) in [5.41, 5.74) is 0. The molecule has 0 spiro atoms. The van der Waals surface area contributed by atoms with Crippen molar-refractivity contribution in [3.8, 4) is 0 Å². The first-order valence-corrected chi connectivity index (χ1v) is 6.37. The third kappa shape index (κ3) is 2.26. The van der Waals surface area contributed by atoms with Gasteiger partial charge in [0, 0.05) is 13.1 Å². The highest BCUT2D eigenvalue weighted by Gasteiger charge is 2.17. The lowest BCUT2D eigenvalue weighted by atomic mass is 10.0. The summed E-state index contributed by atoms with van der Waals surface area (Å²) in [6, 6.07) is 4.35. The first-order chi connectivity index (χ1) is 6.25. The predicted molar refractivity (Wildman–Crippen MR) is 62.6 cm³/mol. The second kappa shape index (κ2) is 4.01. The van der Waals surface area contributed by atoms with Crippen LogP contribution >= 0.6 is 27.3 Å². The minimum atomic E-state index is 0.856. The van der Waals surface area contributed by atoms with Gasteiger partial charge in [0.15, 0.2) is 0 Å². The molecule has 1 unspecified atom stereocenters. The Morgan fingerprint density at radius 3 is 3.00 bits per heavy atom. The molecule has 1 aromatic rings. The number of thiophene rings is 1. The summed E-state index contributed by atoms with van der Waals surface area (Å²) in [6.07, 6.45) is 2.74. The molecule has 0 saturated carbocycles. The van der Waals surface area contributed by atoms with E-state index >= 15 is 0 Å². The number of piperidine rings is 1.